The summed E-state index contributed by atoms with van der Waals surface area (Å²) < 4.78 is 2.32. The van der Waals surface area contributed by atoms with Gasteiger partial charge in [-0.25, -0.2) is 4.98 Å². The largest absolute Gasteiger partial charge is 0.330 e. The van der Waals surface area contributed by atoms with E-state index in [1.54, 1.807) is 0 Å². The molecular formula is C10H19N3. The smallest absolute Gasteiger partial charge is 0.122 e. The lowest BCUT2D eigenvalue weighted by Crippen LogP contribution is -2.29. The molecule has 0 aliphatic carbocycles. The zero-order chi connectivity index (χ0) is 9.68. The van der Waals surface area contributed by atoms with Gasteiger partial charge in [-0.3, -0.25) is 0 Å². The maximum absolute atomic E-state index is 4.33. The Hall–Kier alpha value is -0.830. The van der Waals surface area contributed by atoms with Crippen LogP contribution in [-0.4, -0.2) is 16.1 Å². The molecule has 0 radical (unpaired) electrons. The van der Waals surface area contributed by atoms with Gasteiger partial charge in [0.15, 0.2) is 0 Å². The molecule has 0 spiro atoms. The minimum atomic E-state index is 0.931. The van der Waals surface area contributed by atoms with E-state index in [9.17, 15) is 0 Å². The molecule has 1 aliphatic rings. The fourth-order valence-corrected chi connectivity index (χ4v) is 1.54. The Labute approximate surface area is 80.2 Å². The minimum absolute atomic E-state index is 0.931. The van der Waals surface area contributed by atoms with Crippen LogP contribution in [0.15, 0.2) is 6.20 Å². The van der Waals surface area contributed by atoms with E-state index in [0.29, 0.717) is 0 Å². The van der Waals surface area contributed by atoms with Crippen LogP contribution >= 0.6 is 0 Å². The van der Waals surface area contributed by atoms with Crippen LogP contribution in [0.1, 0.15) is 32.3 Å². The second kappa shape index (κ2) is 5.02. The summed E-state index contributed by atoms with van der Waals surface area (Å²) in [5.41, 5.74) is 1.36. The van der Waals surface area contributed by atoms with Crippen LogP contribution in [0.5, 0.6) is 0 Å². The lowest BCUT2D eigenvalue weighted by atomic mass is 10.3. The first-order valence-corrected chi connectivity index (χ1v) is 5.16. The van der Waals surface area contributed by atoms with E-state index in [4.69, 9.17) is 0 Å². The van der Waals surface area contributed by atoms with Crippen molar-refractivity contribution in [2.75, 3.05) is 6.54 Å². The third-order valence-corrected chi connectivity index (χ3v) is 2.18. The third kappa shape index (κ3) is 2.10. The molecule has 74 valence electrons. The van der Waals surface area contributed by atoms with Crippen molar-refractivity contribution in [1.29, 1.82) is 0 Å². The van der Waals surface area contributed by atoms with Gasteiger partial charge >= 0.3 is 0 Å². The maximum atomic E-state index is 4.33. The number of fused-ring (bicyclic) bond motifs is 1. The van der Waals surface area contributed by atoms with Gasteiger partial charge in [-0.1, -0.05) is 20.8 Å². The molecule has 13 heavy (non-hydrogen) atoms. The molecule has 0 bridgehead atoms. The van der Waals surface area contributed by atoms with Crippen molar-refractivity contribution < 1.29 is 0 Å². The number of imidazole rings is 1. The number of rotatable bonds is 1. The number of nitrogens with zero attached hydrogens (tertiary/aromatic N) is 2. The van der Waals surface area contributed by atoms with E-state index in [-0.39, 0.29) is 0 Å². The Morgan fingerprint density at radius 3 is 3.00 bits per heavy atom. The number of aryl methyl sites for hydroxylation is 1. The molecule has 1 aliphatic heterocycles. The van der Waals surface area contributed by atoms with Crippen molar-refractivity contribution in [2.45, 2.75) is 40.3 Å². The molecule has 0 unspecified atom stereocenters. The molecule has 2 rings (SSSR count). The first-order chi connectivity index (χ1) is 6.42. The van der Waals surface area contributed by atoms with E-state index in [1.165, 1.54) is 11.5 Å². The molecule has 0 atom stereocenters. The van der Waals surface area contributed by atoms with Crippen molar-refractivity contribution in [3.05, 3.63) is 17.7 Å². The van der Waals surface area contributed by atoms with E-state index < -0.39 is 0 Å². The maximum Gasteiger partial charge on any atom is 0.122 e. The Bertz CT molecular complexity index is 239. The monoisotopic (exact) mass is 181 g/mol. The molecule has 0 fully saturated rings. The zero-order valence-electron chi connectivity index (χ0n) is 8.80. The molecule has 1 N–H and O–H groups in total. The molecule has 0 aromatic carbocycles. The van der Waals surface area contributed by atoms with Crippen LogP contribution in [0.25, 0.3) is 0 Å². The third-order valence-electron chi connectivity index (χ3n) is 2.18. The van der Waals surface area contributed by atoms with Gasteiger partial charge in [0.25, 0.3) is 0 Å². The predicted octanol–water partition coefficient (Wildman–Crippen LogP) is 1.57. The Kier molecular flexibility index (Phi) is 3.96. The number of hydrogen-bond donors (Lipinski definition) is 1. The molecule has 3 heteroatoms. The first-order valence-electron chi connectivity index (χ1n) is 5.16. The second-order valence-electron chi connectivity index (χ2n) is 2.85. The summed E-state index contributed by atoms with van der Waals surface area (Å²) in [6.07, 6.45) is 3.08. The lowest BCUT2D eigenvalue weighted by Gasteiger charge is -2.16. The Balaban J connectivity index is 0.000000396. The average Bonchev–Trinajstić information content (AvgIpc) is 2.64. The van der Waals surface area contributed by atoms with Crippen LogP contribution in [0.4, 0.5) is 0 Å². The SMILES string of the molecule is CC.CCc1cnc2n1CCNC2. The fourth-order valence-electron chi connectivity index (χ4n) is 1.54. The van der Waals surface area contributed by atoms with Gasteiger partial charge in [0.2, 0.25) is 0 Å². The molecule has 3 nitrogen and oxygen atoms in total. The molecule has 0 saturated heterocycles. The summed E-state index contributed by atoms with van der Waals surface area (Å²) in [5, 5.41) is 3.30. The Morgan fingerprint density at radius 2 is 2.31 bits per heavy atom. The van der Waals surface area contributed by atoms with Gasteiger partial charge in [0.1, 0.15) is 5.82 Å². The average molecular weight is 181 g/mol. The van der Waals surface area contributed by atoms with E-state index in [2.05, 4.69) is 21.8 Å². The minimum Gasteiger partial charge on any atom is -0.330 e. The van der Waals surface area contributed by atoms with E-state index in [0.717, 1.165) is 26.1 Å². The summed E-state index contributed by atoms with van der Waals surface area (Å²) in [6.45, 7) is 9.27. The molecule has 1 aromatic rings. The van der Waals surface area contributed by atoms with Crippen molar-refractivity contribution in [3.8, 4) is 0 Å². The standard InChI is InChI=1S/C8H13N3.C2H6/c1-2-7-5-10-8-6-9-3-4-11(7)8;1-2/h5,9H,2-4,6H2,1H3;1-2H3. The summed E-state index contributed by atoms with van der Waals surface area (Å²) in [6, 6.07) is 0. The van der Waals surface area contributed by atoms with E-state index >= 15 is 0 Å². The lowest BCUT2D eigenvalue weighted by molar-refractivity contribution is 0.495. The van der Waals surface area contributed by atoms with Crippen LogP contribution in [-0.2, 0) is 19.5 Å². The molecule has 1 aromatic heterocycles. The van der Waals surface area contributed by atoms with Gasteiger partial charge in [-0.15, -0.1) is 0 Å². The number of nitrogens with one attached hydrogen (secondary N) is 1. The van der Waals surface area contributed by atoms with Crippen LogP contribution in [0.3, 0.4) is 0 Å². The van der Waals surface area contributed by atoms with Crippen LogP contribution < -0.4 is 5.32 Å². The first kappa shape index (κ1) is 10.3. The molecular weight excluding hydrogens is 162 g/mol. The zero-order valence-corrected chi connectivity index (χ0v) is 8.80. The summed E-state index contributed by atoms with van der Waals surface area (Å²) >= 11 is 0. The predicted molar refractivity (Wildman–Crippen MR) is 54.7 cm³/mol. The van der Waals surface area contributed by atoms with Gasteiger partial charge in [0.05, 0.1) is 6.54 Å². The Morgan fingerprint density at radius 1 is 1.54 bits per heavy atom. The van der Waals surface area contributed by atoms with Crippen molar-refractivity contribution in [2.24, 2.45) is 0 Å². The summed E-state index contributed by atoms with van der Waals surface area (Å²) in [4.78, 5) is 4.33. The quantitative estimate of drug-likeness (QED) is 0.712. The summed E-state index contributed by atoms with van der Waals surface area (Å²) in [5.74, 6) is 1.19. The molecule has 0 saturated carbocycles. The normalized spacial score (nSPS) is 14.4. The number of hydrogen-bond acceptors (Lipinski definition) is 2. The van der Waals surface area contributed by atoms with E-state index in [1.807, 2.05) is 20.0 Å². The summed E-state index contributed by atoms with van der Waals surface area (Å²) in [7, 11) is 0. The van der Waals surface area contributed by atoms with Gasteiger partial charge in [-0.2, -0.15) is 0 Å². The van der Waals surface area contributed by atoms with Crippen molar-refractivity contribution in [1.82, 2.24) is 14.9 Å². The second-order valence-corrected chi connectivity index (χ2v) is 2.85. The highest BCUT2D eigenvalue weighted by atomic mass is 15.2. The highest BCUT2D eigenvalue weighted by Crippen LogP contribution is 2.08. The van der Waals surface area contributed by atoms with Crippen LogP contribution in [0, 0.1) is 0 Å². The number of aromatic nitrogens is 2. The van der Waals surface area contributed by atoms with Crippen molar-refractivity contribution in [3.63, 3.8) is 0 Å². The highest BCUT2D eigenvalue weighted by Gasteiger charge is 2.11. The van der Waals surface area contributed by atoms with Crippen molar-refractivity contribution >= 4 is 0 Å². The fraction of sp³-hybridized carbons (Fsp3) is 0.700. The van der Waals surface area contributed by atoms with Gasteiger partial charge < -0.3 is 9.88 Å². The highest BCUT2D eigenvalue weighted by molar-refractivity contribution is 5.06. The van der Waals surface area contributed by atoms with Gasteiger partial charge in [0, 0.05) is 25.0 Å². The van der Waals surface area contributed by atoms with Crippen LogP contribution in [0.2, 0.25) is 0 Å². The molecule has 0 amide bonds. The van der Waals surface area contributed by atoms with Gasteiger partial charge in [-0.05, 0) is 6.42 Å². The molecule has 2 heterocycles. The topological polar surface area (TPSA) is 29.9 Å².